The molecule has 3 rings (SSSR count). The fraction of sp³-hybridized carbons (Fsp3) is 0.0500. The zero-order valence-corrected chi connectivity index (χ0v) is 13.2. The number of carbonyl (C=O) groups excluding carboxylic acids is 2. The van der Waals surface area contributed by atoms with Crippen LogP contribution in [-0.4, -0.2) is 17.2 Å². The van der Waals surface area contributed by atoms with Crippen LogP contribution in [0.15, 0.2) is 66.9 Å². The first-order chi connectivity index (χ1) is 11.7. The van der Waals surface area contributed by atoms with E-state index in [0.29, 0.717) is 11.8 Å². The van der Waals surface area contributed by atoms with Crippen molar-refractivity contribution in [3.8, 4) is 11.1 Å². The highest BCUT2D eigenvalue weighted by molar-refractivity contribution is 6.04. The SMILES string of the molecule is Cc1c(NC(=O)c2ccc(C=O)cn2)cccc1-c1ccccc1. The first-order valence-corrected chi connectivity index (χ1v) is 7.56. The maximum absolute atomic E-state index is 12.4. The second-order valence-electron chi connectivity index (χ2n) is 5.39. The molecule has 118 valence electrons. The number of hydrogen-bond donors (Lipinski definition) is 1. The number of carbonyl (C=O) groups is 2. The van der Waals surface area contributed by atoms with Gasteiger partial charge in [0.2, 0.25) is 0 Å². The average molecular weight is 316 g/mol. The Bertz CT molecular complexity index is 872. The van der Waals surface area contributed by atoms with Crippen LogP contribution in [0.1, 0.15) is 26.4 Å². The van der Waals surface area contributed by atoms with E-state index in [2.05, 4.69) is 10.3 Å². The van der Waals surface area contributed by atoms with Gasteiger partial charge in [-0.3, -0.25) is 14.6 Å². The van der Waals surface area contributed by atoms with Crippen molar-refractivity contribution in [3.63, 3.8) is 0 Å². The molecule has 0 aliphatic heterocycles. The first kappa shape index (κ1) is 15.6. The zero-order chi connectivity index (χ0) is 16.9. The van der Waals surface area contributed by atoms with Gasteiger partial charge in [0.15, 0.2) is 6.29 Å². The van der Waals surface area contributed by atoms with Crippen LogP contribution in [0.5, 0.6) is 0 Å². The Hall–Kier alpha value is -3.27. The van der Waals surface area contributed by atoms with Gasteiger partial charge in [-0.25, -0.2) is 0 Å². The number of aromatic nitrogens is 1. The summed E-state index contributed by atoms with van der Waals surface area (Å²) in [6.07, 6.45) is 2.08. The summed E-state index contributed by atoms with van der Waals surface area (Å²) in [6, 6.07) is 18.9. The topological polar surface area (TPSA) is 59.1 Å². The molecule has 3 aromatic rings. The minimum absolute atomic E-state index is 0.269. The summed E-state index contributed by atoms with van der Waals surface area (Å²) < 4.78 is 0. The molecule has 2 aromatic carbocycles. The van der Waals surface area contributed by atoms with E-state index in [4.69, 9.17) is 0 Å². The highest BCUT2D eigenvalue weighted by atomic mass is 16.1. The van der Waals surface area contributed by atoms with Gasteiger partial charge in [-0.1, -0.05) is 42.5 Å². The Morgan fingerprint density at radius 3 is 2.46 bits per heavy atom. The molecule has 1 aromatic heterocycles. The lowest BCUT2D eigenvalue weighted by molar-refractivity contribution is 0.102. The van der Waals surface area contributed by atoms with Crippen LogP contribution in [0.4, 0.5) is 5.69 Å². The predicted octanol–water partition coefficient (Wildman–Crippen LogP) is 4.12. The van der Waals surface area contributed by atoms with Crippen molar-refractivity contribution in [1.82, 2.24) is 4.98 Å². The minimum atomic E-state index is -0.305. The van der Waals surface area contributed by atoms with Crippen molar-refractivity contribution in [1.29, 1.82) is 0 Å². The molecule has 0 radical (unpaired) electrons. The summed E-state index contributed by atoms with van der Waals surface area (Å²) in [5.41, 5.74) is 4.60. The molecule has 24 heavy (non-hydrogen) atoms. The number of anilines is 1. The standard InChI is InChI=1S/C20H16N2O2/c1-14-17(16-6-3-2-4-7-16)8-5-9-18(14)22-20(24)19-11-10-15(13-23)12-21-19/h2-13H,1H3,(H,22,24). The molecule has 0 bridgehead atoms. The highest BCUT2D eigenvalue weighted by Gasteiger charge is 2.11. The van der Waals surface area contributed by atoms with Gasteiger partial charge in [-0.05, 0) is 41.8 Å². The number of hydrogen-bond acceptors (Lipinski definition) is 3. The molecule has 0 saturated carbocycles. The van der Waals surface area contributed by atoms with Crippen LogP contribution in [0, 0.1) is 6.92 Å². The summed E-state index contributed by atoms with van der Waals surface area (Å²) in [5.74, 6) is -0.305. The normalized spacial score (nSPS) is 10.2. The second kappa shape index (κ2) is 6.87. The molecule has 1 heterocycles. The molecule has 0 spiro atoms. The number of benzene rings is 2. The van der Waals surface area contributed by atoms with Crippen molar-refractivity contribution >= 4 is 17.9 Å². The van der Waals surface area contributed by atoms with Crippen molar-refractivity contribution in [3.05, 3.63) is 83.7 Å². The van der Waals surface area contributed by atoms with Crippen LogP contribution >= 0.6 is 0 Å². The highest BCUT2D eigenvalue weighted by Crippen LogP contribution is 2.28. The summed E-state index contributed by atoms with van der Waals surface area (Å²) in [4.78, 5) is 27.0. The van der Waals surface area contributed by atoms with Crippen molar-refractivity contribution in [2.75, 3.05) is 5.32 Å². The molecule has 0 aliphatic rings. The van der Waals surface area contributed by atoms with Crippen molar-refractivity contribution < 1.29 is 9.59 Å². The fourth-order valence-corrected chi connectivity index (χ4v) is 2.50. The van der Waals surface area contributed by atoms with E-state index in [-0.39, 0.29) is 11.6 Å². The van der Waals surface area contributed by atoms with Gasteiger partial charge >= 0.3 is 0 Å². The molecular formula is C20H16N2O2. The van der Waals surface area contributed by atoms with Gasteiger partial charge in [0.25, 0.3) is 5.91 Å². The van der Waals surface area contributed by atoms with Crippen LogP contribution < -0.4 is 5.32 Å². The summed E-state index contributed by atoms with van der Waals surface area (Å²) in [7, 11) is 0. The molecule has 0 saturated heterocycles. The van der Waals surface area contributed by atoms with Gasteiger partial charge in [-0.15, -0.1) is 0 Å². The zero-order valence-electron chi connectivity index (χ0n) is 13.2. The van der Waals surface area contributed by atoms with E-state index in [1.54, 1.807) is 6.07 Å². The summed E-state index contributed by atoms with van der Waals surface area (Å²) in [6.45, 7) is 1.97. The fourth-order valence-electron chi connectivity index (χ4n) is 2.50. The van der Waals surface area contributed by atoms with Gasteiger partial charge in [0.1, 0.15) is 5.69 Å². The largest absolute Gasteiger partial charge is 0.320 e. The third-order valence-electron chi connectivity index (χ3n) is 3.82. The lowest BCUT2D eigenvalue weighted by Crippen LogP contribution is -2.14. The third kappa shape index (κ3) is 3.22. The van der Waals surface area contributed by atoms with Crippen LogP contribution in [0.25, 0.3) is 11.1 Å². The molecule has 1 N–H and O–H groups in total. The Morgan fingerprint density at radius 2 is 1.79 bits per heavy atom. The number of amides is 1. The first-order valence-electron chi connectivity index (χ1n) is 7.56. The van der Waals surface area contributed by atoms with Crippen LogP contribution in [-0.2, 0) is 0 Å². The Balaban J connectivity index is 1.87. The quantitative estimate of drug-likeness (QED) is 0.737. The number of aldehydes is 1. The molecule has 4 heteroatoms. The van der Waals surface area contributed by atoms with Gasteiger partial charge in [0.05, 0.1) is 0 Å². The van der Waals surface area contributed by atoms with Crippen LogP contribution in [0.2, 0.25) is 0 Å². The van der Waals surface area contributed by atoms with Crippen LogP contribution in [0.3, 0.4) is 0 Å². The van der Waals surface area contributed by atoms with Crippen molar-refractivity contribution in [2.45, 2.75) is 6.92 Å². The number of nitrogens with one attached hydrogen (secondary N) is 1. The van der Waals surface area contributed by atoms with Crippen molar-refractivity contribution in [2.24, 2.45) is 0 Å². The number of nitrogens with zero attached hydrogens (tertiary/aromatic N) is 1. The van der Waals surface area contributed by atoms with E-state index < -0.39 is 0 Å². The minimum Gasteiger partial charge on any atom is -0.320 e. The Labute approximate surface area is 140 Å². The molecule has 0 aliphatic carbocycles. The third-order valence-corrected chi connectivity index (χ3v) is 3.82. The van der Waals surface area contributed by atoms with E-state index in [1.165, 1.54) is 12.3 Å². The maximum Gasteiger partial charge on any atom is 0.274 e. The predicted molar refractivity (Wildman–Crippen MR) is 94.2 cm³/mol. The smallest absolute Gasteiger partial charge is 0.274 e. The Morgan fingerprint density at radius 1 is 1.00 bits per heavy atom. The monoisotopic (exact) mass is 316 g/mol. The molecular weight excluding hydrogens is 300 g/mol. The second-order valence-corrected chi connectivity index (χ2v) is 5.39. The van der Waals surface area contributed by atoms with Gasteiger partial charge < -0.3 is 5.32 Å². The lowest BCUT2D eigenvalue weighted by atomic mass is 9.99. The molecule has 1 amide bonds. The number of pyridine rings is 1. The molecule has 4 nitrogen and oxygen atoms in total. The lowest BCUT2D eigenvalue weighted by Gasteiger charge is -2.12. The van der Waals surface area contributed by atoms with E-state index in [0.717, 1.165) is 22.4 Å². The number of rotatable bonds is 4. The van der Waals surface area contributed by atoms with Gasteiger partial charge in [0, 0.05) is 17.4 Å². The summed E-state index contributed by atoms with van der Waals surface area (Å²) in [5, 5.41) is 2.88. The molecule has 0 atom stereocenters. The summed E-state index contributed by atoms with van der Waals surface area (Å²) >= 11 is 0. The average Bonchev–Trinajstić information content (AvgIpc) is 2.64. The van der Waals surface area contributed by atoms with E-state index in [9.17, 15) is 9.59 Å². The Kier molecular flexibility index (Phi) is 4.47. The van der Waals surface area contributed by atoms with Gasteiger partial charge in [-0.2, -0.15) is 0 Å². The van der Waals surface area contributed by atoms with E-state index >= 15 is 0 Å². The maximum atomic E-state index is 12.4. The molecule has 0 unspecified atom stereocenters. The molecule has 0 fully saturated rings. The van der Waals surface area contributed by atoms with E-state index in [1.807, 2.05) is 55.5 Å².